The summed E-state index contributed by atoms with van der Waals surface area (Å²) >= 11 is 0. The Kier molecular flexibility index (Phi) is 14.9. The van der Waals surface area contributed by atoms with Crippen LogP contribution in [-0.2, 0) is 43.3 Å². The van der Waals surface area contributed by atoms with Crippen LogP contribution in [0.25, 0.3) is 0 Å². The minimum atomic E-state index is -5.17. The average molecular weight is 268 g/mol. The monoisotopic (exact) mass is 268 g/mol. The molecule has 9 nitrogen and oxygen atoms in total. The van der Waals surface area contributed by atoms with Gasteiger partial charge in [-0.05, 0) is 0 Å². The van der Waals surface area contributed by atoms with Crippen LogP contribution >= 0.6 is 0 Å². The minimum absolute atomic E-state index is 0. The predicted octanol–water partition coefficient (Wildman–Crippen LogP) is -3.87. The zero-order chi connectivity index (χ0) is 9.00. The first-order valence-electron chi connectivity index (χ1n) is 1.33. The van der Waals surface area contributed by atoms with Crippen molar-refractivity contribution in [1.82, 2.24) is 0 Å². The van der Waals surface area contributed by atoms with Crippen molar-refractivity contribution in [3.63, 3.8) is 0 Å². The Morgan fingerprint density at radius 3 is 0.667 bits per heavy atom. The van der Waals surface area contributed by atoms with Crippen LogP contribution in [0.4, 0.5) is 0 Å². The molecule has 12 heavy (non-hydrogen) atoms. The Labute approximate surface area is 78.7 Å². The molecule has 0 aliphatic rings. The van der Waals surface area contributed by atoms with Crippen LogP contribution in [0, 0.1) is 0 Å². The van der Waals surface area contributed by atoms with E-state index in [-0.39, 0.29) is 22.5 Å². The Morgan fingerprint density at radius 2 is 0.667 bits per heavy atom. The van der Waals surface area contributed by atoms with Gasteiger partial charge in [-0.3, -0.25) is 16.8 Å². The summed E-state index contributed by atoms with van der Waals surface area (Å²) in [5.41, 5.74) is 0. The van der Waals surface area contributed by atoms with Crippen molar-refractivity contribution in [3.05, 3.63) is 0 Å². The van der Waals surface area contributed by atoms with Crippen LogP contribution in [0.5, 0.6) is 0 Å². The van der Waals surface area contributed by atoms with Gasteiger partial charge in [-0.15, -0.1) is 0 Å². The number of hydrogen-bond donors (Lipinski definition) is 0. The van der Waals surface area contributed by atoms with Crippen LogP contribution in [0.2, 0.25) is 0 Å². The Morgan fingerprint density at radius 1 is 0.667 bits per heavy atom. The predicted molar refractivity (Wildman–Crippen MR) is 27.2 cm³/mol. The van der Waals surface area contributed by atoms with E-state index in [1.165, 1.54) is 0 Å². The van der Waals surface area contributed by atoms with E-state index < -0.39 is 20.8 Å². The molecule has 0 heterocycles. The SMILES string of the molecule is O=S(=O)([O-])[O-].O=S(=O)([O-])[O-].[Fe+2].[OH4+2]. The van der Waals surface area contributed by atoms with Crippen molar-refractivity contribution >= 4 is 20.8 Å². The second kappa shape index (κ2) is 7.85. The third kappa shape index (κ3) is 18000. The van der Waals surface area contributed by atoms with Crippen molar-refractivity contribution < 1.29 is 57.6 Å². The van der Waals surface area contributed by atoms with Crippen molar-refractivity contribution in [1.29, 1.82) is 0 Å². The van der Waals surface area contributed by atoms with Crippen LogP contribution in [0.15, 0.2) is 0 Å². The van der Waals surface area contributed by atoms with Gasteiger partial charge < -0.3 is 23.7 Å². The summed E-state index contributed by atoms with van der Waals surface area (Å²) < 4.78 is 68.2. The zero-order valence-electron chi connectivity index (χ0n) is 5.14. The molecule has 0 saturated carbocycles. The summed E-state index contributed by atoms with van der Waals surface area (Å²) in [6.45, 7) is 0. The van der Waals surface area contributed by atoms with Gasteiger partial charge in [0.25, 0.3) is 0 Å². The topological polar surface area (TPSA) is 195 Å². The smallest absolute Gasteiger partial charge is 0.873 e. The molecular formula is H4FeO9S2. The molecule has 12 heteroatoms. The fourth-order valence-electron chi connectivity index (χ4n) is 0. The van der Waals surface area contributed by atoms with Gasteiger partial charge in [0.05, 0.1) is 0 Å². The van der Waals surface area contributed by atoms with E-state index in [1.807, 2.05) is 0 Å². The Hall–Kier alpha value is 0.219. The maximum absolute atomic E-state index is 8.52. The molecule has 0 aromatic heterocycles. The third-order valence-electron chi connectivity index (χ3n) is 0. The molecule has 0 unspecified atom stereocenters. The van der Waals surface area contributed by atoms with Crippen LogP contribution in [0.1, 0.15) is 0 Å². The summed E-state index contributed by atoms with van der Waals surface area (Å²) in [5.74, 6) is 0. The molecule has 0 aromatic rings. The maximum atomic E-state index is 8.52. The van der Waals surface area contributed by atoms with Crippen LogP contribution < -0.4 is 0 Å². The fourth-order valence-corrected chi connectivity index (χ4v) is 0. The molecule has 0 aliphatic heterocycles. The van der Waals surface area contributed by atoms with Gasteiger partial charge in [0.2, 0.25) is 0 Å². The van der Waals surface area contributed by atoms with Gasteiger partial charge in [-0.2, -0.15) is 0 Å². The average Bonchev–Trinajstić information content (AvgIpc) is 1.12. The van der Waals surface area contributed by atoms with Gasteiger partial charge in [0.1, 0.15) is 0 Å². The number of hydrogen-bond acceptors (Lipinski definition) is 8. The number of rotatable bonds is 0. The van der Waals surface area contributed by atoms with Gasteiger partial charge in [0, 0.05) is 20.8 Å². The van der Waals surface area contributed by atoms with E-state index >= 15 is 0 Å². The summed E-state index contributed by atoms with van der Waals surface area (Å²) in [4.78, 5) is 0. The van der Waals surface area contributed by atoms with E-state index in [2.05, 4.69) is 0 Å². The zero-order valence-corrected chi connectivity index (χ0v) is 7.88. The first kappa shape index (κ1) is 22.8. The Bertz CT molecular complexity index is 209. The third-order valence-corrected chi connectivity index (χ3v) is 0. The molecule has 78 valence electrons. The first-order chi connectivity index (χ1) is 4.00. The van der Waals surface area contributed by atoms with E-state index in [0.29, 0.717) is 0 Å². The molecule has 0 aliphatic carbocycles. The van der Waals surface area contributed by atoms with Crippen LogP contribution in [0.3, 0.4) is 0 Å². The van der Waals surface area contributed by atoms with Crippen molar-refractivity contribution in [2.45, 2.75) is 0 Å². The molecule has 0 rings (SSSR count). The maximum Gasteiger partial charge on any atom is 2.00 e. The summed E-state index contributed by atoms with van der Waals surface area (Å²) in [7, 11) is -10.3. The van der Waals surface area contributed by atoms with E-state index in [1.54, 1.807) is 0 Å². The second-order valence-corrected chi connectivity index (χ2v) is 2.45. The summed E-state index contributed by atoms with van der Waals surface area (Å²) in [6.07, 6.45) is 0. The van der Waals surface area contributed by atoms with Gasteiger partial charge in [-0.1, -0.05) is 0 Å². The van der Waals surface area contributed by atoms with Gasteiger partial charge in [-0.25, -0.2) is 0 Å². The second-order valence-electron chi connectivity index (χ2n) is 0.816. The molecule has 0 spiro atoms. The molecule has 0 atom stereocenters. The normalized spacial score (nSPS) is 9.67. The van der Waals surface area contributed by atoms with Gasteiger partial charge in [0.15, 0.2) is 0 Å². The first-order valence-corrected chi connectivity index (χ1v) is 4.00. The van der Waals surface area contributed by atoms with E-state index in [9.17, 15) is 0 Å². The molecule has 4 N–H and O–H groups in total. The molecule has 0 amide bonds. The molecule has 0 bridgehead atoms. The molecule has 0 aromatic carbocycles. The minimum Gasteiger partial charge on any atom is -0.873 e. The van der Waals surface area contributed by atoms with E-state index in [4.69, 9.17) is 35.0 Å². The Balaban J connectivity index is -0.0000000457. The van der Waals surface area contributed by atoms with Crippen molar-refractivity contribution in [3.8, 4) is 0 Å². The van der Waals surface area contributed by atoms with Crippen molar-refractivity contribution in [2.75, 3.05) is 0 Å². The molecule has 0 fully saturated rings. The fraction of sp³-hybridized carbons (Fsp3) is 0. The molecular weight excluding hydrogens is 264 g/mol. The quantitative estimate of drug-likeness (QED) is 0.241. The van der Waals surface area contributed by atoms with E-state index in [0.717, 1.165) is 0 Å². The van der Waals surface area contributed by atoms with Gasteiger partial charge >= 0.3 is 17.1 Å². The standard InChI is InChI=1S/Fe.2H2O4S.H4O/c;2*1-5(2,3)4;/h;2*(H2,1,2,3,4);1H4/q+2;;;+2/p-4. The summed E-state index contributed by atoms with van der Waals surface area (Å²) in [5, 5.41) is 0. The van der Waals surface area contributed by atoms with Crippen molar-refractivity contribution in [2.24, 2.45) is 0 Å². The largest absolute Gasteiger partial charge is 2.00 e. The summed E-state index contributed by atoms with van der Waals surface area (Å²) in [6, 6.07) is 0. The van der Waals surface area contributed by atoms with Crippen LogP contribution in [-0.4, -0.2) is 35.0 Å². The molecule has 0 saturated heterocycles. The molecule has 0 radical (unpaired) electrons.